The molecular weight excluding hydrogens is 384 g/mol. The van der Waals surface area contributed by atoms with E-state index in [4.69, 9.17) is 8.85 Å². The van der Waals surface area contributed by atoms with Crippen molar-refractivity contribution in [1.82, 2.24) is 0 Å². The number of hydrogen-bond acceptors (Lipinski definition) is 2. The van der Waals surface area contributed by atoms with Gasteiger partial charge in [-0.2, -0.15) is 0 Å². The molecule has 0 heterocycles. The van der Waals surface area contributed by atoms with E-state index < -0.39 is 8.56 Å². The van der Waals surface area contributed by atoms with Crippen LogP contribution in [-0.4, -0.2) is 21.3 Å². The lowest BCUT2D eigenvalue weighted by atomic mass is 10.2. The van der Waals surface area contributed by atoms with Gasteiger partial charge in [0.15, 0.2) is 0 Å². The van der Waals surface area contributed by atoms with Gasteiger partial charge in [0, 0.05) is 19.4 Å². The zero-order valence-electron chi connectivity index (χ0n) is 19.0. The molecule has 2 aromatic carbocycles. The summed E-state index contributed by atoms with van der Waals surface area (Å²) in [5.74, 6) is 6.61. The molecule has 0 bridgehead atoms. The van der Waals surface area contributed by atoms with E-state index in [-0.39, 0.29) is 6.10 Å². The lowest BCUT2D eigenvalue weighted by Gasteiger charge is -2.34. The van der Waals surface area contributed by atoms with Crippen molar-refractivity contribution in [2.45, 2.75) is 78.2 Å². The summed E-state index contributed by atoms with van der Waals surface area (Å²) in [7, 11) is -2.83. The fourth-order valence-electron chi connectivity index (χ4n) is 3.47. The van der Waals surface area contributed by atoms with Crippen molar-refractivity contribution >= 4 is 18.9 Å². The third kappa shape index (κ3) is 7.43. The Morgan fingerprint density at radius 3 is 1.93 bits per heavy atom. The van der Waals surface area contributed by atoms with E-state index in [1.54, 1.807) is 0 Å². The maximum atomic E-state index is 6.96. The first kappa shape index (κ1) is 24.4. The van der Waals surface area contributed by atoms with Gasteiger partial charge in [-0.05, 0) is 29.6 Å². The second-order valence-corrected chi connectivity index (χ2v) is 10.6. The summed E-state index contributed by atoms with van der Waals surface area (Å²) in [6, 6.07) is 21.1. The molecule has 0 spiro atoms. The Morgan fingerprint density at radius 1 is 0.767 bits per heavy atom. The van der Waals surface area contributed by atoms with Crippen molar-refractivity contribution in [2.75, 3.05) is 6.61 Å². The van der Waals surface area contributed by atoms with Crippen LogP contribution < -0.4 is 10.4 Å². The molecule has 2 rings (SSSR count). The summed E-state index contributed by atoms with van der Waals surface area (Å²) in [5, 5.41) is 2.35. The summed E-state index contributed by atoms with van der Waals surface area (Å²) >= 11 is 0. The minimum absolute atomic E-state index is 0.0667. The first-order valence-electron chi connectivity index (χ1n) is 11.6. The molecule has 0 saturated carbocycles. The van der Waals surface area contributed by atoms with Gasteiger partial charge in [0.25, 0.3) is 0 Å². The van der Waals surface area contributed by atoms with Crippen LogP contribution in [0.5, 0.6) is 0 Å². The van der Waals surface area contributed by atoms with E-state index in [1.807, 2.05) is 0 Å². The average molecular weight is 423 g/mol. The van der Waals surface area contributed by atoms with Gasteiger partial charge >= 0.3 is 8.56 Å². The van der Waals surface area contributed by atoms with Gasteiger partial charge in [0.2, 0.25) is 0 Å². The minimum atomic E-state index is -2.83. The molecule has 0 radical (unpaired) electrons. The summed E-state index contributed by atoms with van der Waals surface area (Å²) in [5.41, 5.74) is 0. The van der Waals surface area contributed by atoms with Crippen LogP contribution in [0, 0.1) is 11.8 Å². The van der Waals surface area contributed by atoms with E-state index in [0.717, 1.165) is 38.7 Å². The Balaban J connectivity index is 2.36. The average Bonchev–Trinajstić information content (AvgIpc) is 2.81. The van der Waals surface area contributed by atoms with Crippen molar-refractivity contribution in [2.24, 2.45) is 0 Å². The minimum Gasteiger partial charge on any atom is -0.388 e. The highest BCUT2D eigenvalue weighted by molar-refractivity contribution is 6.92. The standard InChI is InChI=1S/C27H38O2Si/c1-4-7-9-13-19-25(6-3)29-30(26-20-14-11-15-21-26,27-22-16-12-17-23-27)28-24-18-10-8-5-2/h11-12,14-17,20-23,25H,4-8,10,18-19,24H2,1-3H3. The van der Waals surface area contributed by atoms with Crippen molar-refractivity contribution in [1.29, 1.82) is 0 Å². The van der Waals surface area contributed by atoms with E-state index in [9.17, 15) is 0 Å². The molecule has 0 aromatic heterocycles. The highest BCUT2D eigenvalue weighted by Crippen LogP contribution is 2.17. The molecule has 162 valence electrons. The van der Waals surface area contributed by atoms with Gasteiger partial charge in [0.05, 0.1) is 6.10 Å². The molecule has 0 fully saturated rings. The van der Waals surface area contributed by atoms with Crippen molar-refractivity contribution in [3.05, 3.63) is 60.7 Å². The molecule has 1 atom stereocenters. The second-order valence-electron chi connectivity index (χ2n) is 7.71. The van der Waals surface area contributed by atoms with Crippen LogP contribution in [0.3, 0.4) is 0 Å². The van der Waals surface area contributed by atoms with E-state index in [2.05, 4.69) is 93.3 Å². The van der Waals surface area contributed by atoms with Gasteiger partial charge in [-0.15, -0.1) is 11.8 Å². The first-order valence-corrected chi connectivity index (χ1v) is 13.5. The van der Waals surface area contributed by atoms with Crippen molar-refractivity contribution < 1.29 is 8.85 Å². The molecule has 0 aliphatic heterocycles. The van der Waals surface area contributed by atoms with Crippen LogP contribution in [-0.2, 0) is 8.85 Å². The number of unbranched alkanes of at least 4 members (excludes halogenated alkanes) is 4. The lowest BCUT2D eigenvalue weighted by molar-refractivity contribution is 0.129. The highest BCUT2D eigenvalue weighted by Gasteiger charge is 2.44. The summed E-state index contributed by atoms with van der Waals surface area (Å²) in [4.78, 5) is 0. The maximum Gasteiger partial charge on any atom is 0.407 e. The van der Waals surface area contributed by atoms with E-state index >= 15 is 0 Å². The van der Waals surface area contributed by atoms with Gasteiger partial charge in [0.1, 0.15) is 0 Å². The summed E-state index contributed by atoms with van der Waals surface area (Å²) in [6.07, 6.45) is 8.53. The van der Waals surface area contributed by atoms with Crippen LogP contribution in [0.1, 0.15) is 72.1 Å². The van der Waals surface area contributed by atoms with Crippen LogP contribution in [0.4, 0.5) is 0 Å². The SMILES string of the molecule is CCCC#CCC(CC)O[Si](OCCCCCC)(c1ccccc1)c1ccccc1. The topological polar surface area (TPSA) is 18.5 Å². The van der Waals surface area contributed by atoms with Crippen LogP contribution in [0.2, 0.25) is 0 Å². The molecule has 0 aliphatic rings. The molecular formula is C27H38O2Si. The Kier molecular flexibility index (Phi) is 11.5. The Bertz CT molecular complexity index is 709. The Morgan fingerprint density at radius 2 is 1.40 bits per heavy atom. The van der Waals surface area contributed by atoms with Gasteiger partial charge in [-0.3, -0.25) is 0 Å². The maximum absolute atomic E-state index is 6.96. The predicted octanol–water partition coefficient (Wildman–Crippen LogP) is 5.83. The third-order valence-electron chi connectivity index (χ3n) is 5.23. The normalized spacial score (nSPS) is 12.2. The number of benzene rings is 2. The highest BCUT2D eigenvalue weighted by atomic mass is 28.4. The van der Waals surface area contributed by atoms with Crippen LogP contribution in [0.25, 0.3) is 0 Å². The van der Waals surface area contributed by atoms with E-state index in [1.165, 1.54) is 29.6 Å². The fraction of sp³-hybridized carbons (Fsp3) is 0.481. The van der Waals surface area contributed by atoms with Gasteiger partial charge in [-0.25, -0.2) is 0 Å². The fourth-order valence-corrected chi connectivity index (χ4v) is 6.89. The zero-order chi connectivity index (χ0) is 21.5. The van der Waals surface area contributed by atoms with E-state index in [0.29, 0.717) is 0 Å². The van der Waals surface area contributed by atoms with Crippen molar-refractivity contribution in [3.63, 3.8) is 0 Å². The zero-order valence-corrected chi connectivity index (χ0v) is 20.0. The van der Waals surface area contributed by atoms with Gasteiger partial charge < -0.3 is 8.85 Å². The second kappa shape index (κ2) is 14.2. The first-order chi connectivity index (χ1) is 14.8. The predicted molar refractivity (Wildman–Crippen MR) is 130 cm³/mol. The van der Waals surface area contributed by atoms with Gasteiger partial charge in [-0.1, -0.05) is 101 Å². The lowest BCUT2D eigenvalue weighted by Crippen LogP contribution is -2.64. The molecule has 3 heteroatoms. The quantitative estimate of drug-likeness (QED) is 0.230. The molecule has 0 amide bonds. The van der Waals surface area contributed by atoms with Crippen molar-refractivity contribution in [3.8, 4) is 11.8 Å². The summed E-state index contributed by atoms with van der Waals surface area (Å²) < 4.78 is 13.7. The third-order valence-corrected chi connectivity index (χ3v) is 8.69. The van der Waals surface area contributed by atoms with Crippen LogP contribution >= 0.6 is 0 Å². The Hall–Kier alpha value is -1.86. The molecule has 2 aromatic rings. The molecule has 1 unspecified atom stereocenters. The summed E-state index contributed by atoms with van der Waals surface area (Å²) in [6.45, 7) is 7.32. The molecule has 2 nitrogen and oxygen atoms in total. The molecule has 0 saturated heterocycles. The van der Waals surface area contributed by atoms with Crippen LogP contribution in [0.15, 0.2) is 60.7 Å². The Labute approximate surface area is 185 Å². The molecule has 0 N–H and O–H groups in total. The largest absolute Gasteiger partial charge is 0.407 e. The molecule has 30 heavy (non-hydrogen) atoms. The number of rotatable bonds is 13. The number of hydrogen-bond donors (Lipinski definition) is 0. The monoisotopic (exact) mass is 422 g/mol. The smallest absolute Gasteiger partial charge is 0.388 e. The molecule has 0 aliphatic carbocycles.